The Kier molecular flexibility index (Phi) is 4.04. The van der Waals surface area contributed by atoms with Crippen molar-refractivity contribution >= 4 is 23.2 Å². The number of benzene rings is 1. The second-order valence-electron chi connectivity index (χ2n) is 4.14. The van der Waals surface area contributed by atoms with Gasteiger partial charge in [0.1, 0.15) is 5.01 Å². The number of thiazole rings is 1. The average Bonchev–Trinajstić information content (AvgIpc) is 3.19. The molecule has 0 aliphatic carbocycles. The molecule has 0 saturated heterocycles. The lowest BCUT2D eigenvalue weighted by Crippen LogP contribution is -1.91. The van der Waals surface area contributed by atoms with Crippen LogP contribution in [0.15, 0.2) is 51.8 Å². The minimum atomic E-state index is -0.0466. The summed E-state index contributed by atoms with van der Waals surface area (Å²) in [4.78, 5) is 8.05. The first-order chi connectivity index (χ1) is 10.3. The van der Waals surface area contributed by atoms with Gasteiger partial charge in [0.05, 0.1) is 30.4 Å². The van der Waals surface area contributed by atoms with Crippen LogP contribution in [-0.2, 0) is 6.61 Å². The molecule has 1 aromatic carbocycles. The number of hydrogen-bond acceptors (Lipinski definition) is 7. The van der Waals surface area contributed by atoms with E-state index >= 15 is 0 Å². The van der Waals surface area contributed by atoms with Crippen molar-refractivity contribution in [3.63, 3.8) is 0 Å². The van der Waals surface area contributed by atoms with Gasteiger partial charge in [0.2, 0.25) is 0 Å². The highest BCUT2D eigenvalue weighted by atomic mass is 32.1. The Bertz CT molecular complexity index is 720. The van der Waals surface area contributed by atoms with Crippen LogP contribution in [0.1, 0.15) is 10.7 Å². The number of hydrazone groups is 1. The second-order valence-corrected chi connectivity index (χ2v) is 5.08. The summed E-state index contributed by atoms with van der Waals surface area (Å²) < 4.78 is 5.22. The number of nitrogens with one attached hydrogen (secondary N) is 1. The highest BCUT2D eigenvalue weighted by Gasteiger charge is 2.01. The van der Waals surface area contributed by atoms with E-state index in [0.29, 0.717) is 5.01 Å². The Balaban J connectivity index is 1.63. The minimum Gasteiger partial charge on any atom is -0.444 e. The van der Waals surface area contributed by atoms with E-state index in [-0.39, 0.29) is 6.61 Å². The summed E-state index contributed by atoms with van der Waals surface area (Å²) in [6.45, 7) is -0.0466. The molecule has 0 radical (unpaired) electrons. The maximum Gasteiger partial charge on any atom is 0.181 e. The summed E-state index contributed by atoms with van der Waals surface area (Å²) in [7, 11) is 0. The molecule has 6 nitrogen and oxygen atoms in total. The molecule has 0 amide bonds. The van der Waals surface area contributed by atoms with Crippen LogP contribution in [0.25, 0.3) is 11.3 Å². The molecule has 0 aliphatic heterocycles. The number of aromatic nitrogens is 2. The zero-order valence-corrected chi connectivity index (χ0v) is 11.7. The maximum atomic E-state index is 8.93. The number of oxazole rings is 1. The normalized spacial score (nSPS) is 11.1. The van der Waals surface area contributed by atoms with Crippen molar-refractivity contribution in [2.75, 3.05) is 5.43 Å². The zero-order valence-electron chi connectivity index (χ0n) is 10.9. The van der Waals surface area contributed by atoms with Gasteiger partial charge >= 0.3 is 0 Å². The van der Waals surface area contributed by atoms with Crippen LogP contribution in [0, 0.1) is 0 Å². The van der Waals surface area contributed by atoms with E-state index in [4.69, 9.17) is 9.52 Å². The first-order valence-corrected chi connectivity index (χ1v) is 7.06. The summed E-state index contributed by atoms with van der Waals surface area (Å²) >= 11 is 1.40. The summed E-state index contributed by atoms with van der Waals surface area (Å²) in [6.07, 6.45) is 4.68. The van der Waals surface area contributed by atoms with Crippen molar-refractivity contribution < 1.29 is 9.52 Å². The third-order valence-electron chi connectivity index (χ3n) is 2.70. The van der Waals surface area contributed by atoms with Gasteiger partial charge in [-0.1, -0.05) is 0 Å². The summed E-state index contributed by atoms with van der Waals surface area (Å²) in [6, 6.07) is 7.64. The van der Waals surface area contributed by atoms with Gasteiger partial charge < -0.3 is 9.52 Å². The lowest BCUT2D eigenvalue weighted by Gasteiger charge is -2.00. The average molecular weight is 300 g/mol. The predicted octanol–water partition coefficient (Wildman–Crippen LogP) is 2.74. The zero-order chi connectivity index (χ0) is 14.5. The number of anilines is 1. The molecule has 2 N–H and O–H groups in total. The Labute approximate surface area is 124 Å². The molecule has 0 unspecified atom stereocenters. The SMILES string of the molecule is OCc1nc(/C=N/Nc2ccc(-c3cnco3)cc2)cs1. The van der Waals surface area contributed by atoms with E-state index in [1.54, 1.807) is 12.4 Å². The van der Waals surface area contributed by atoms with Crippen molar-refractivity contribution in [1.29, 1.82) is 0 Å². The van der Waals surface area contributed by atoms with Gasteiger partial charge in [-0.25, -0.2) is 9.97 Å². The fourth-order valence-corrected chi connectivity index (χ4v) is 2.30. The highest BCUT2D eigenvalue weighted by molar-refractivity contribution is 7.09. The molecule has 3 rings (SSSR count). The molecule has 7 heteroatoms. The summed E-state index contributed by atoms with van der Waals surface area (Å²) in [5.74, 6) is 0.726. The topological polar surface area (TPSA) is 83.5 Å². The number of aliphatic hydroxyl groups is 1. The summed E-state index contributed by atoms with van der Waals surface area (Å²) in [5, 5.41) is 15.5. The molecule has 106 valence electrons. The molecule has 0 saturated carbocycles. The van der Waals surface area contributed by atoms with E-state index < -0.39 is 0 Å². The van der Waals surface area contributed by atoms with Gasteiger partial charge in [-0.2, -0.15) is 5.10 Å². The largest absolute Gasteiger partial charge is 0.444 e. The van der Waals surface area contributed by atoms with Gasteiger partial charge in [0.15, 0.2) is 12.2 Å². The van der Waals surface area contributed by atoms with Gasteiger partial charge in [-0.3, -0.25) is 5.43 Å². The standard InChI is InChI=1S/C14H12N4O2S/c19-7-14-17-12(8-21-14)5-16-18-11-3-1-10(2-4-11)13-6-15-9-20-13/h1-6,8-9,18-19H,7H2/b16-5+. The van der Waals surface area contributed by atoms with Crippen LogP contribution in [0.4, 0.5) is 5.69 Å². The van der Waals surface area contributed by atoms with Crippen LogP contribution in [-0.4, -0.2) is 21.3 Å². The fourth-order valence-electron chi connectivity index (χ4n) is 1.70. The van der Waals surface area contributed by atoms with Gasteiger partial charge in [0, 0.05) is 10.9 Å². The van der Waals surface area contributed by atoms with Crippen molar-refractivity contribution in [1.82, 2.24) is 9.97 Å². The molecular weight excluding hydrogens is 288 g/mol. The number of hydrogen-bond donors (Lipinski definition) is 2. The Morgan fingerprint density at radius 2 is 2.19 bits per heavy atom. The lowest BCUT2D eigenvalue weighted by atomic mass is 10.2. The van der Waals surface area contributed by atoms with E-state index in [1.165, 1.54) is 17.7 Å². The predicted molar refractivity (Wildman–Crippen MR) is 81.2 cm³/mol. The Morgan fingerprint density at radius 1 is 1.33 bits per heavy atom. The monoisotopic (exact) mass is 300 g/mol. The Morgan fingerprint density at radius 3 is 2.86 bits per heavy atom. The van der Waals surface area contributed by atoms with Crippen molar-refractivity contribution in [3.8, 4) is 11.3 Å². The molecule has 21 heavy (non-hydrogen) atoms. The molecule has 0 spiro atoms. The second kappa shape index (κ2) is 6.29. The molecular formula is C14H12N4O2S. The van der Waals surface area contributed by atoms with E-state index in [2.05, 4.69) is 20.5 Å². The number of nitrogens with zero attached hydrogens (tertiary/aromatic N) is 3. The Hall–Kier alpha value is -2.51. The lowest BCUT2D eigenvalue weighted by molar-refractivity contribution is 0.281. The van der Waals surface area contributed by atoms with Crippen molar-refractivity contribution in [3.05, 3.63) is 52.9 Å². The van der Waals surface area contributed by atoms with Crippen LogP contribution < -0.4 is 5.43 Å². The minimum absolute atomic E-state index is 0.0466. The molecule has 0 fully saturated rings. The number of aliphatic hydroxyl groups excluding tert-OH is 1. The van der Waals surface area contributed by atoms with Crippen LogP contribution >= 0.6 is 11.3 Å². The first kappa shape index (κ1) is 13.5. The van der Waals surface area contributed by atoms with Gasteiger partial charge in [-0.15, -0.1) is 11.3 Å². The van der Waals surface area contributed by atoms with Crippen LogP contribution in [0.5, 0.6) is 0 Å². The first-order valence-electron chi connectivity index (χ1n) is 6.18. The quantitative estimate of drug-likeness (QED) is 0.559. The molecule has 2 heterocycles. The molecule has 0 bridgehead atoms. The van der Waals surface area contributed by atoms with Gasteiger partial charge in [-0.05, 0) is 24.3 Å². The van der Waals surface area contributed by atoms with E-state index in [1.807, 2.05) is 29.6 Å². The molecule has 0 atom stereocenters. The van der Waals surface area contributed by atoms with Gasteiger partial charge in [0.25, 0.3) is 0 Å². The summed E-state index contributed by atoms with van der Waals surface area (Å²) in [5.41, 5.74) is 5.44. The number of rotatable bonds is 5. The smallest absolute Gasteiger partial charge is 0.181 e. The van der Waals surface area contributed by atoms with E-state index in [0.717, 1.165) is 22.7 Å². The molecule has 2 aromatic heterocycles. The van der Waals surface area contributed by atoms with Crippen LogP contribution in [0.3, 0.4) is 0 Å². The molecule has 0 aliphatic rings. The molecule has 3 aromatic rings. The third-order valence-corrected chi connectivity index (χ3v) is 3.55. The third kappa shape index (κ3) is 3.33. The highest BCUT2D eigenvalue weighted by Crippen LogP contribution is 2.20. The van der Waals surface area contributed by atoms with E-state index in [9.17, 15) is 0 Å². The van der Waals surface area contributed by atoms with Crippen LogP contribution in [0.2, 0.25) is 0 Å². The fraction of sp³-hybridized carbons (Fsp3) is 0.0714. The van der Waals surface area contributed by atoms with Crippen molar-refractivity contribution in [2.24, 2.45) is 5.10 Å². The maximum absolute atomic E-state index is 8.93. The van der Waals surface area contributed by atoms with Crippen molar-refractivity contribution in [2.45, 2.75) is 6.61 Å².